The predicted molar refractivity (Wildman–Crippen MR) is 90.8 cm³/mol. The van der Waals surface area contributed by atoms with Crippen molar-refractivity contribution in [2.45, 2.75) is 32.2 Å². The lowest BCUT2D eigenvalue weighted by Crippen LogP contribution is -2.37. The Morgan fingerprint density at radius 3 is 2.29 bits per heavy atom. The maximum absolute atomic E-state index is 6.04. The van der Waals surface area contributed by atoms with Crippen LogP contribution in [-0.4, -0.2) is 6.04 Å². The minimum atomic E-state index is 0.212. The second-order valence-corrected chi connectivity index (χ2v) is 6.15. The molecule has 0 bridgehead atoms. The molecule has 0 heterocycles. The predicted octanol–water partition coefficient (Wildman–Crippen LogP) is 4.31. The van der Waals surface area contributed by atoms with E-state index in [0.717, 1.165) is 24.8 Å². The van der Waals surface area contributed by atoms with E-state index in [0.29, 0.717) is 10.0 Å². The number of hydrogen-bond donors (Lipinski definition) is 2. The highest BCUT2D eigenvalue weighted by Gasteiger charge is 2.09. The topological polar surface area (TPSA) is 38.0 Å². The average Bonchev–Trinajstić information content (AvgIpc) is 2.49. The van der Waals surface area contributed by atoms with Crippen molar-refractivity contribution in [3.8, 4) is 0 Å². The summed E-state index contributed by atoms with van der Waals surface area (Å²) in [7, 11) is 0. The molecule has 0 aliphatic rings. The minimum absolute atomic E-state index is 0.212. The van der Waals surface area contributed by atoms with Crippen molar-refractivity contribution in [2.24, 2.45) is 5.84 Å². The van der Waals surface area contributed by atoms with Crippen molar-refractivity contribution in [3.05, 3.63) is 69.2 Å². The van der Waals surface area contributed by atoms with Crippen LogP contribution in [0, 0.1) is 6.92 Å². The molecule has 2 aromatic carbocycles. The van der Waals surface area contributed by atoms with E-state index in [1.54, 1.807) is 0 Å². The van der Waals surface area contributed by atoms with Gasteiger partial charge in [0.15, 0.2) is 0 Å². The van der Waals surface area contributed by atoms with E-state index in [2.05, 4.69) is 36.6 Å². The number of nitrogens with two attached hydrogens (primary N) is 1. The van der Waals surface area contributed by atoms with Gasteiger partial charge < -0.3 is 0 Å². The standard InChI is InChI=1S/C17H20Cl2N2/c1-12-2-4-13(5-3-12)6-8-15(21-20)10-14-7-9-16(18)17(19)11-14/h2-5,7,9,11,15,21H,6,8,10,20H2,1H3. The monoisotopic (exact) mass is 322 g/mol. The number of benzene rings is 2. The molecule has 1 atom stereocenters. The normalized spacial score (nSPS) is 12.4. The summed E-state index contributed by atoms with van der Waals surface area (Å²) in [5.41, 5.74) is 6.63. The summed E-state index contributed by atoms with van der Waals surface area (Å²) in [5, 5.41) is 1.17. The third kappa shape index (κ3) is 5.01. The van der Waals surface area contributed by atoms with E-state index < -0.39 is 0 Å². The lowest BCUT2D eigenvalue weighted by Gasteiger charge is -2.16. The van der Waals surface area contributed by atoms with Gasteiger partial charge in [-0.05, 0) is 49.4 Å². The first-order valence-corrected chi connectivity index (χ1v) is 7.79. The number of hydrogen-bond acceptors (Lipinski definition) is 2. The van der Waals surface area contributed by atoms with Gasteiger partial charge in [0.25, 0.3) is 0 Å². The maximum Gasteiger partial charge on any atom is 0.0595 e. The Hall–Kier alpha value is -1.06. The molecule has 0 aliphatic carbocycles. The van der Waals surface area contributed by atoms with Crippen molar-refractivity contribution < 1.29 is 0 Å². The zero-order valence-electron chi connectivity index (χ0n) is 12.1. The van der Waals surface area contributed by atoms with Crippen LogP contribution in [0.25, 0.3) is 0 Å². The molecule has 0 aliphatic heterocycles. The van der Waals surface area contributed by atoms with E-state index in [1.165, 1.54) is 11.1 Å². The lowest BCUT2D eigenvalue weighted by atomic mass is 9.99. The molecule has 0 saturated carbocycles. The van der Waals surface area contributed by atoms with E-state index in [1.807, 2.05) is 18.2 Å². The summed E-state index contributed by atoms with van der Waals surface area (Å²) in [6.45, 7) is 2.10. The highest BCUT2D eigenvalue weighted by atomic mass is 35.5. The SMILES string of the molecule is Cc1ccc(CCC(Cc2ccc(Cl)c(Cl)c2)NN)cc1. The van der Waals surface area contributed by atoms with Gasteiger partial charge >= 0.3 is 0 Å². The highest BCUT2D eigenvalue weighted by molar-refractivity contribution is 6.42. The molecule has 1 unspecified atom stereocenters. The van der Waals surface area contributed by atoms with Gasteiger partial charge in [-0.2, -0.15) is 0 Å². The van der Waals surface area contributed by atoms with Gasteiger partial charge in [0.2, 0.25) is 0 Å². The smallest absolute Gasteiger partial charge is 0.0595 e. The minimum Gasteiger partial charge on any atom is -0.271 e. The summed E-state index contributed by atoms with van der Waals surface area (Å²) in [6.07, 6.45) is 2.80. The Kier molecular flexibility index (Phi) is 6.07. The Labute approximate surface area is 136 Å². The molecule has 0 spiro atoms. The fourth-order valence-corrected chi connectivity index (χ4v) is 2.61. The number of nitrogens with one attached hydrogen (secondary N) is 1. The first kappa shape index (κ1) is 16.3. The molecule has 2 aromatic rings. The number of rotatable bonds is 6. The summed E-state index contributed by atoms with van der Waals surface area (Å²) < 4.78 is 0. The summed E-state index contributed by atoms with van der Waals surface area (Å²) >= 11 is 12.0. The summed E-state index contributed by atoms with van der Waals surface area (Å²) in [6, 6.07) is 14.5. The largest absolute Gasteiger partial charge is 0.271 e. The molecule has 0 aromatic heterocycles. The number of hydrazine groups is 1. The van der Waals surface area contributed by atoms with Gasteiger partial charge in [-0.1, -0.05) is 59.1 Å². The second kappa shape index (κ2) is 7.81. The first-order chi connectivity index (χ1) is 10.1. The highest BCUT2D eigenvalue weighted by Crippen LogP contribution is 2.23. The van der Waals surface area contributed by atoms with Crippen molar-refractivity contribution in [2.75, 3.05) is 0 Å². The first-order valence-electron chi connectivity index (χ1n) is 7.04. The van der Waals surface area contributed by atoms with Gasteiger partial charge in [-0.3, -0.25) is 11.3 Å². The van der Waals surface area contributed by atoms with E-state index in [4.69, 9.17) is 29.0 Å². The van der Waals surface area contributed by atoms with Crippen LogP contribution in [0.4, 0.5) is 0 Å². The number of aryl methyl sites for hydroxylation is 2. The van der Waals surface area contributed by atoms with Crippen molar-refractivity contribution in [3.63, 3.8) is 0 Å². The average molecular weight is 323 g/mol. The maximum atomic E-state index is 6.04. The Bertz CT molecular complexity index is 582. The van der Waals surface area contributed by atoms with Gasteiger partial charge in [0.05, 0.1) is 10.0 Å². The van der Waals surface area contributed by atoms with E-state index in [-0.39, 0.29) is 6.04 Å². The van der Waals surface area contributed by atoms with Crippen molar-refractivity contribution in [1.29, 1.82) is 0 Å². The van der Waals surface area contributed by atoms with Crippen molar-refractivity contribution in [1.82, 2.24) is 5.43 Å². The molecular weight excluding hydrogens is 303 g/mol. The van der Waals surface area contributed by atoms with Gasteiger partial charge in [0.1, 0.15) is 0 Å². The van der Waals surface area contributed by atoms with E-state index in [9.17, 15) is 0 Å². The Morgan fingerprint density at radius 2 is 1.67 bits per heavy atom. The van der Waals surface area contributed by atoms with Crippen LogP contribution in [0.15, 0.2) is 42.5 Å². The van der Waals surface area contributed by atoms with Gasteiger partial charge in [-0.25, -0.2) is 0 Å². The number of halogens is 2. The Morgan fingerprint density at radius 1 is 1.00 bits per heavy atom. The second-order valence-electron chi connectivity index (χ2n) is 5.34. The fraction of sp³-hybridized carbons (Fsp3) is 0.294. The molecule has 0 radical (unpaired) electrons. The summed E-state index contributed by atoms with van der Waals surface area (Å²) in [4.78, 5) is 0. The van der Waals surface area contributed by atoms with Crippen LogP contribution in [0.2, 0.25) is 10.0 Å². The molecule has 2 rings (SSSR count). The van der Waals surface area contributed by atoms with Crippen LogP contribution in [0.5, 0.6) is 0 Å². The Balaban J connectivity index is 1.93. The van der Waals surface area contributed by atoms with Crippen LogP contribution >= 0.6 is 23.2 Å². The quantitative estimate of drug-likeness (QED) is 0.614. The molecular formula is C17H20Cl2N2. The van der Waals surface area contributed by atoms with Gasteiger partial charge in [0, 0.05) is 6.04 Å². The molecule has 0 amide bonds. The molecule has 112 valence electrons. The molecule has 0 saturated heterocycles. The zero-order chi connectivity index (χ0) is 15.2. The van der Waals surface area contributed by atoms with Gasteiger partial charge in [-0.15, -0.1) is 0 Å². The molecule has 21 heavy (non-hydrogen) atoms. The van der Waals surface area contributed by atoms with Crippen molar-refractivity contribution >= 4 is 23.2 Å². The lowest BCUT2D eigenvalue weighted by molar-refractivity contribution is 0.491. The third-order valence-electron chi connectivity index (χ3n) is 3.60. The molecule has 0 fully saturated rings. The molecule has 2 nitrogen and oxygen atoms in total. The van der Waals surface area contributed by atoms with Crippen LogP contribution in [-0.2, 0) is 12.8 Å². The van der Waals surface area contributed by atoms with E-state index >= 15 is 0 Å². The van der Waals surface area contributed by atoms with Crippen LogP contribution < -0.4 is 11.3 Å². The molecule has 4 heteroatoms. The molecule has 3 N–H and O–H groups in total. The van der Waals surface area contributed by atoms with Crippen LogP contribution in [0.3, 0.4) is 0 Å². The fourth-order valence-electron chi connectivity index (χ4n) is 2.29. The third-order valence-corrected chi connectivity index (χ3v) is 4.34. The zero-order valence-corrected chi connectivity index (χ0v) is 13.6. The van der Waals surface area contributed by atoms with Crippen LogP contribution in [0.1, 0.15) is 23.1 Å². The summed E-state index contributed by atoms with van der Waals surface area (Å²) in [5.74, 6) is 5.67.